The molecule has 1 unspecified atom stereocenters. The zero-order valence-electron chi connectivity index (χ0n) is 11.2. The van der Waals surface area contributed by atoms with Crippen LogP contribution in [0, 0.1) is 5.92 Å². The smallest absolute Gasteiger partial charge is 0.223 e. The zero-order valence-corrected chi connectivity index (χ0v) is 11.2. The average molecular weight is 254 g/mol. The van der Waals surface area contributed by atoms with E-state index in [2.05, 4.69) is 10.2 Å². The Morgan fingerprint density at radius 3 is 2.72 bits per heavy atom. The maximum Gasteiger partial charge on any atom is 0.223 e. The van der Waals surface area contributed by atoms with E-state index in [9.17, 15) is 9.90 Å². The van der Waals surface area contributed by atoms with Crippen molar-refractivity contribution in [2.75, 3.05) is 26.2 Å². The predicted octanol–water partition coefficient (Wildman–Crippen LogP) is 1.14. The first-order valence-corrected chi connectivity index (χ1v) is 7.44. The second kappa shape index (κ2) is 7.10. The first-order valence-electron chi connectivity index (χ1n) is 7.44. The Morgan fingerprint density at radius 1 is 1.22 bits per heavy atom. The maximum atomic E-state index is 11.8. The van der Waals surface area contributed by atoms with Crippen LogP contribution in [-0.2, 0) is 4.79 Å². The van der Waals surface area contributed by atoms with E-state index in [1.165, 1.54) is 12.8 Å². The number of nitrogens with zero attached hydrogens (tertiary/aromatic N) is 1. The summed E-state index contributed by atoms with van der Waals surface area (Å²) in [7, 11) is 0. The van der Waals surface area contributed by atoms with Gasteiger partial charge >= 0.3 is 0 Å². The molecule has 0 spiro atoms. The molecule has 1 saturated heterocycles. The highest BCUT2D eigenvalue weighted by molar-refractivity contribution is 5.78. The molecule has 2 fully saturated rings. The van der Waals surface area contributed by atoms with Crippen molar-refractivity contribution in [2.24, 2.45) is 5.92 Å². The van der Waals surface area contributed by atoms with Gasteiger partial charge in [0.25, 0.3) is 0 Å². The minimum atomic E-state index is -0.146. The number of hydrogen-bond donors (Lipinski definition) is 2. The molecule has 1 atom stereocenters. The molecule has 0 radical (unpaired) electrons. The van der Waals surface area contributed by atoms with Gasteiger partial charge in [-0.25, -0.2) is 0 Å². The Bertz CT molecular complexity index is 265. The molecule has 4 heteroatoms. The summed E-state index contributed by atoms with van der Waals surface area (Å²) in [4.78, 5) is 14.1. The topological polar surface area (TPSA) is 52.6 Å². The number of hydrogen-bond acceptors (Lipinski definition) is 3. The molecule has 2 aliphatic rings. The molecule has 1 aliphatic carbocycles. The third-order valence-corrected chi connectivity index (χ3v) is 4.16. The van der Waals surface area contributed by atoms with Crippen LogP contribution in [0.4, 0.5) is 0 Å². The SMILES string of the molecule is O=C(NCCCN1CCCC(O)C1)C1CCCC1. The van der Waals surface area contributed by atoms with Crippen molar-refractivity contribution in [3.8, 4) is 0 Å². The number of likely N-dealkylation sites (tertiary alicyclic amines) is 1. The third kappa shape index (κ3) is 4.25. The fourth-order valence-electron chi connectivity index (χ4n) is 3.08. The Morgan fingerprint density at radius 2 is 2.00 bits per heavy atom. The van der Waals surface area contributed by atoms with Gasteiger partial charge in [-0.1, -0.05) is 12.8 Å². The number of aliphatic hydroxyl groups is 1. The molecule has 0 aromatic rings. The number of carbonyl (C=O) groups excluding carboxylic acids is 1. The molecule has 0 bridgehead atoms. The van der Waals surface area contributed by atoms with E-state index < -0.39 is 0 Å². The molecule has 18 heavy (non-hydrogen) atoms. The van der Waals surface area contributed by atoms with Gasteiger partial charge in [0.2, 0.25) is 5.91 Å². The lowest BCUT2D eigenvalue weighted by atomic mass is 10.1. The highest BCUT2D eigenvalue weighted by Crippen LogP contribution is 2.24. The molecule has 0 aromatic carbocycles. The fraction of sp³-hybridized carbons (Fsp3) is 0.929. The molecule has 1 heterocycles. The third-order valence-electron chi connectivity index (χ3n) is 4.16. The Kier molecular flexibility index (Phi) is 5.45. The van der Waals surface area contributed by atoms with Crippen molar-refractivity contribution in [1.82, 2.24) is 10.2 Å². The van der Waals surface area contributed by atoms with Gasteiger partial charge in [-0.2, -0.15) is 0 Å². The van der Waals surface area contributed by atoms with Crippen LogP contribution in [0.5, 0.6) is 0 Å². The van der Waals surface area contributed by atoms with Gasteiger partial charge in [0.15, 0.2) is 0 Å². The van der Waals surface area contributed by atoms with Gasteiger partial charge in [-0.15, -0.1) is 0 Å². The van der Waals surface area contributed by atoms with Crippen LogP contribution in [0.25, 0.3) is 0 Å². The molecule has 1 aliphatic heterocycles. The lowest BCUT2D eigenvalue weighted by Crippen LogP contribution is -2.40. The van der Waals surface area contributed by atoms with E-state index in [4.69, 9.17) is 0 Å². The monoisotopic (exact) mass is 254 g/mol. The summed E-state index contributed by atoms with van der Waals surface area (Å²) >= 11 is 0. The summed E-state index contributed by atoms with van der Waals surface area (Å²) in [6.45, 7) is 3.66. The summed E-state index contributed by atoms with van der Waals surface area (Å²) in [5.74, 6) is 0.535. The van der Waals surface area contributed by atoms with Gasteiger partial charge in [-0.05, 0) is 45.2 Å². The molecule has 0 aromatic heterocycles. The summed E-state index contributed by atoms with van der Waals surface area (Å²) in [5.41, 5.74) is 0. The summed E-state index contributed by atoms with van der Waals surface area (Å²) in [6, 6.07) is 0. The molecule has 4 nitrogen and oxygen atoms in total. The van der Waals surface area contributed by atoms with E-state index in [-0.39, 0.29) is 17.9 Å². The number of carbonyl (C=O) groups is 1. The molecule has 2 N–H and O–H groups in total. The van der Waals surface area contributed by atoms with Gasteiger partial charge in [0.1, 0.15) is 0 Å². The van der Waals surface area contributed by atoms with Crippen LogP contribution >= 0.6 is 0 Å². The van der Waals surface area contributed by atoms with Gasteiger partial charge in [-0.3, -0.25) is 4.79 Å². The first kappa shape index (κ1) is 13.8. The van der Waals surface area contributed by atoms with Crippen LogP contribution in [0.1, 0.15) is 44.9 Å². The van der Waals surface area contributed by atoms with Gasteiger partial charge in [0.05, 0.1) is 6.10 Å². The number of piperidine rings is 1. The maximum absolute atomic E-state index is 11.8. The largest absolute Gasteiger partial charge is 0.392 e. The number of amides is 1. The molecular weight excluding hydrogens is 228 g/mol. The second-order valence-corrected chi connectivity index (χ2v) is 5.72. The van der Waals surface area contributed by atoms with Gasteiger partial charge < -0.3 is 15.3 Å². The number of nitrogens with one attached hydrogen (secondary N) is 1. The quantitative estimate of drug-likeness (QED) is 0.723. The van der Waals surface area contributed by atoms with Crippen LogP contribution in [0.3, 0.4) is 0 Å². The summed E-state index contributed by atoms with van der Waals surface area (Å²) in [6.07, 6.45) is 7.45. The highest BCUT2D eigenvalue weighted by Gasteiger charge is 2.22. The van der Waals surface area contributed by atoms with Crippen molar-refractivity contribution >= 4 is 5.91 Å². The molecule has 2 rings (SSSR count). The number of aliphatic hydroxyl groups excluding tert-OH is 1. The normalized spacial score (nSPS) is 26.4. The average Bonchev–Trinajstić information content (AvgIpc) is 2.88. The summed E-state index contributed by atoms with van der Waals surface area (Å²) < 4.78 is 0. The lowest BCUT2D eigenvalue weighted by molar-refractivity contribution is -0.124. The van der Waals surface area contributed by atoms with Crippen LogP contribution in [0.2, 0.25) is 0 Å². The molecule has 1 amide bonds. The number of β-amino-alcohol motifs (C(OH)–C–C–N with tert-alkyl or cyclic N) is 1. The second-order valence-electron chi connectivity index (χ2n) is 5.72. The van der Waals surface area contributed by atoms with Crippen molar-refractivity contribution in [2.45, 2.75) is 51.0 Å². The van der Waals surface area contributed by atoms with E-state index >= 15 is 0 Å². The van der Waals surface area contributed by atoms with Crippen molar-refractivity contribution < 1.29 is 9.90 Å². The molecular formula is C14H26N2O2. The predicted molar refractivity (Wildman–Crippen MR) is 71.3 cm³/mol. The van der Waals surface area contributed by atoms with Gasteiger partial charge in [0, 0.05) is 19.0 Å². The Labute approximate surface area is 110 Å². The van der Waals surface area contributed by atoms with Crippen LogP contribution < -0.4 is 5.32 Å². The lowest BCUT2D eigenvalue weighted by Gasteiger charge is -2.29. The van der Waals surface area contributed by atoms with Crippen molar-refractivity contribution in [3.05, 3.63) is 0 Å². The van der Waals surface area contributed by atoms with Crippen LogP contribution in [0.15, 0.2) is 0 Å². The van der Waals surface area contributed by atoms with E-state index in [1.807, 2.05) is 0 Å². The van der Waals surface area contributed by atoms with E-state index in [1.54, 1.807) is 0 Å². The zero-order chi connectivity index (χ0) is 12.8. The van der Waals surface area contributed by atoms with E-state index in [0.29, 0.717) is 0 Å². The number of rotatable bonds is 5. The van der Waals surface area contributed by atoms with E-state index in [0.717, 1.165) is 58.3 Å². The highest BCUT2D eigenvalue weighted by atomic mass is 16.3. The standard InChI is InChI=1S/C14H26N2O2/c17-13-7-3-9-16(11-13)10-4-8-15-14(18)12-5-1-2-6-12/h12-13,17H,1-11H2,(H,15,18). The Hall–Kier alpha value is -0.610. The minimum absolute atomic E-state index is 0.146. The fourth-order valence-corrected chi connectivity index (χ4v) is 3.08. The van der Waals surface area contributed by atoms with Crippen molar-refractivity contribution in [1.29, 1.82) is 0 Å². The molecule has 1 saturated carbocycles. The van der Waals surface area contributed by atoms with Crippen LogP contribution in [-0.4, -0.2) is 48.2 Å². The Balaban J connectivity index is 1.53. The first-order chi connectivity index (χ1) is 8.75. The van der Waals surface area contributed by atoms with Crippen molar-refractivity contribution in [3.63, 3.8) is 0 Å². The summed E-state index contributed by atoms with van der Waals surface area (Å²) in [5, 5.41) is 12.6. The minimum Gasteiger partial charge on any atom is -0.392 e. The molecule has 104 valence electrons.